The van der Waals surface area contributed by atoms with Crippen LogP contribution in [0, 0.1) is 0 Å². The van der Waals surface area contributed by atoms with Gasteiger partial charge in [0.15, 0.2) is 0 Å². The van der Waals surface area contributed by atoms with Crippen molar-refractivity contribution in [2.24, 2.45) is 5.73 Å². The van der Waals surface area contributed by atoms with Gasteiger partial charge < -0.3 is 11.1 Å². The van der Waals surface area contributed by atoms with Crippen LogP contribution in [-0.4, -0.2) is 13.1 Å². The number of anilines is 1. The molecular weight excluding hydrogens is 280 g/mol. The topological polar surface area (TPSA) is 38.0 Å². The zero-order valence-corrected chi connectivity index (χ0v) is 12.4. The Morgan fingerprint density at radius 1 is 0.762 bits per heavy atom. The number of nitrogens with two attached hydrogens (primary N) is 1. The van der Waals surface area contributed by atoms with E-state index in [1.807, 2.05) is 0 Å². The number of benzene rings is 4. The molecule has 0 unspecified atom stereocenters. The van der Waals surface area contributed by atoms with Crippen molar-refractivity contribution in [3.8, 4) is 0 Å². The Morgan fingerprint density at radius 2 is 1.38 bits per heavy atom. The summed E-state index contributed by atoms with van der Waals surface area (Å²) >= 11 is 0. The highest BCUT2D eigenvalue weighted by Crippen LogP contribution is 2.37. The third-order valence-corrected chi connectivity index (χ3v) is 3.99. The first-order valence-electron chi connectivity index (χ1n) is 6.99. The summed E-state index contributed by atoms with van der Waals surface area (Å²) in [7, 11) is 0. The number of halogens is 1. The van der Waals surface area contributed by atoms with Crippen molar-refractivity contribution in [2.45, 2.75) is 0 Å². The number of hydrogen-bond donors (Lipinski definition) is 2. The van der Waals surface area contributed by atoms with E-state index >= 15 is 0 Å². The van der Waals surface area contributed by atoms with Crippen LogP contribution in [0.5, 0.6) is 0 Å². The van der Waals surface area contributed by atoms with E-state index in [-0.39, 0.29) is 12.4 Å². The molecule has 0 spiro atoms. The smallest absolute Gasteiger partial charge is 0.0420 e. The van der Waals surface area contributed by atoms with Crippen LogP contribution in [0.25, 0.3) is 32.3 Å². The molecule has 21 heavy (non-hydrogen) atoms. The average Bonchev–Trinajstić information content (AvgIpc) is 2.51. The molecule has 0 aliphatic carbocycles. The first-order chi connectivity index (χ1) is 9.88. The predicted molar refractivity (Wildman–Crippen MR) is 94.9 cm³/mol. The van der Waals surface area contributed by atoms with Crippen LogP contribution in [0.3, 0.4) is 0 Å². The highest BCUT2D eigenvalue weighted by atomic mass is 35.5. The van der Waals surface area contributed by atoms with Gasteiger partial charge in [0.25, 0.3) is 0 Å². The number of nitrogens with one attached hydrogen (secondary N) is 1. The van der Waals surface area contributed by atoms with Gasteiger partial charge in [0.05, 0.1) is 0 Å². The molecule has 0 bridgehead atoms. The summed E-state index contributed by atoms with van der Waals surface area (Å²) in [4.78, 5) is 0. The summed E-state index contributed by atoms with van der Waals surface area (Å²) in [5.74, 6) is 0. The predicted octanol–water partition coefficient (Wildman–Crippen LogP) is 4.38. The molecule has 0 amide bonds. The lowest BCUT2D eigenvalue weighted by Crippen LogP contribution is -2.13. The Kier molecular flexibility index (Phi) is 3.58. The molecule has 106 valence electrons. The van der Waals surface area contributed by atoms with Crippen LogP contribution in [0.1, 0.15) is 0 Å². The van der Waals surface area contributed by atoms with Crippen molar-refractivity contribution in [1.82, 2.24) is 0 Å². The maximum atomic E-state index is 5.60. The van der Waals surface area contributed by atoms with Crippen LogP contribution in [-0.2, 0) is 0 Å². The van der Waals surface area contributed by atoms with Crippen LogP contribution >= 0.6 is 12.4 Å². The summed E-state index contributed by atoms with van der Waals surface area (Å²) in [6.45, 7) is 1.44. The molecule has 4 aromatic carbocycles. The Balaban J connectivity index is 0.00000132. The first kappa shape index (κ1) is 13.9. The lowest BCUT2D eigenvalue weighted by molar-refractivity contribution is 1.03. The van der Waals surface area contributed by atoms with E-state index in [4.69, 9.17) is 5.73 Å². The van der Waals surface area contributed by atoms with Gasteiger partial charge in [-0.25, -0.2) is 0 Å². The number of hydrogen-bond acceptors (Lipinski definition) is 2. The molecule has 3 heteroatoms. The Hall–Kier alpha value is -2.03. The van der Waals surface area contributed by atoms with Gasteiger partial charge in [0, 0.05) is 24.2 Å². The lowest BCUT2D eigenvalue weighted by atomic mass is 9.93. The van der Waals surface area contributed by atoms with Gasteiger partial charge >= 0.3 is 0 Å². The molecule has 0 atom stereocenters. The summed E-state index contributed by atoms with van der Waals surface area (Å²) in [5.41, 5.74) is 6.77. The Bertz CT molecular complexity index is 886. The zero-order chi connectivity index (χ0) is 13.5. The molecule has 0 fully saturated rings. The fourth-order valence-electron chi connectivity index (χ4n) is 3.10. The molecule has 0 aromatic heterocycles. The molecule has 0 saturated heterocycles. The van der Waals surface area contributed by atoms with E-state index in [0.717, 1.165) is 6.54 Å². The van der Waals surface area contributed by atoms with Crippen molar-refractivity contribution >= 4 is 50.4 Å². The van der Waals surface area contributed by atoms with Crippen LogP contribution in [0.4, 0.5) is 5.69 Å². The van der Waals surface area contributed by atoms with Gasteiger partial charge in [-0.15, -0.1) is 12.4 Å². The third-order valence-electron chi connectivity index (χ3n) is 3.99. The molecule has 0 aliphatic heterocycles. The molecule has 0 aliphatic rings. The molecule has 4 aromatic rings. The van der Waals surface area contributed by atoms with E-state index in [2.05, 4.69) is 59.9 Å². The zero-order valence-electron chi connectivity index (χ0n) is 11.6. The second-order valence-corrected chi connectivity index (χ2v) is 5.18. The Labute approximate surface area is 129 Å². The lowest BCUT2D eigenvalue weighted by Gasteiger charge is -2.14. The van der Waals surface area contributed by atoms with Crippen molar-refractivity contribution in [3.63, 3.8) is 0 Å². The second kappa shape index (κ2) is 5.40. The normalized spacial score (nSPS) is 11.1. The second-order valence-electron chi connectivity index (χ2n) is 5.18. The SMILES string of the molecule is Cl.NCCNc1ccc2ccc3cccc4ccc1c2c34. The number of rotatable bonds is 3. The van der Waals surface area contributed by atoms with Gasteiger partial charge in [0.1, 0.15) is 0 Å². The maximum absolute atomic E-state index is 5.60. The van der Waals surface area contributed by atoms with Crippen molar-refractivity contribution in [1.29, 1.82) is 0 Å². The van der Waals surface area contributed by atoms with Gasteiger partial charge in [-0.05, 0) is 33.0 Å². The van der Waals surface area contributed by atoms with Crippen molar-refractivity contribution in [3.05, 3.63) is 54.6 Å². The van der Waals surface area contributed by atoms with Gasteiger partial charge in [-0.1, -0.05) is 48.5 Å². The van der Waals surface area contributed by atoms with Crippen LogP contribution in [0.15, 0.2) is 54.6 Å². The van der Waals surface area contributed by atoms with Crippen LogP contribution < -0.4 is 11.1 Å². The van der Waals surface area contributed by atoms with Gasteiger partial charge in [-0.2, -0.15) is 0 Å². The largest absolute Gasteiger partial charge is 0.383 e. The molecule has 0 heterocycles. The van der Waals surface area contributed by atoms with Crippen molar-refractivity contribution < 1.29 is 0 Å². The molecule has 0 radical (unpaired) electrons. The maximum Gasteiger partial charge on any atom is 0.0420 e. The first-order valence-corrected chi connectivity index (χ1v) is 6.99. The highest BCUT2D eigenvalue weighted by molar-refractivity contribution is 6.25. The molecule has 0 saturated carbocycles. The minimum atomic E-state index is 0. The van der Waals surface area contributed by atoms with E-state index in [9.17, 15) is 0 Å². The van der Waals surface area contributed by atoms with E-state index in [1.54, 1.807) is 0 Å². The molecule has 2 nitrogen and oxygen atoms in total. The standard InChI is InChI=1S/C18H16N2.ClH/c19-10-11-20-16-9-7-14-5-4-12-2-1-3-13-6-8-15(16)18(14)17(12)13;/h1-9,20H,10-11,19H2;1H. The van der Waals surface area contributed by atoms with E-state index in [0.29, 0.717) is 6.54 Å². The minimum absolute atomic E-state index is 0. The highest BCUT2D eigenvalue weighted by Gasteiger charge is 2.09. The summed E-state index contributed by atoms with van der Waals surface area (Å²) < 4.78 is 0. The van der Waals surface area contributed by atoms with Gasteiger partial charge in [-0.3, -0.25) is 0 Å². The minimum Gasteiger partial charge on any atom is -0.383 e. The monoisotopic (exact) mass is 296 g/mol. The molecular formula is C18H17ClN2. The summed E-state index contributed by atoms with van der Waals surface area (Å²) in [6.07, 6.45) is 0. The summed E-state index contributed by atoms with van der Waals surface area (Å²) in [6, 6.07) is 19.6. The van der Waals surface area contributed by atoms with E-state index < -0.39 is 0 Å². The van der Waals surface area contributed by atoms with Crippen LogP contribution in [0.2, 0.25) is 0 Å². The van der Waals surface area contributed by atoms with Gasteiger partial charge in [0.2, 0.25) is 0 Å². The third kappa shape index (κ3) is 2.08. The fourth-order valence-corrected chi connectivity index (χ4v) is 3.10. The average molecular weight is 297 g/mol. The van der Waals surface area contributed by atoms with Crippen molar-refractivity contribution in [2.75, 3.05) is 18.4 Å². The van der Waals surface area contributed by atoms with E-state index in [1.165, 1.54) is 38.0 Å². The quantitative estimate of drug-likeness (QED) is 0.551. The molecule has 3 N–H and O–H groups in total. The Morgan fingerprint density at radius 3 is 2.10 bits per heavy atom. The summed E-state index contributed by atoms with van der Waals surface area (Å²) in [5, 5.41) is 11.3. The molecule has 4 rings (SSSR count). The fraction of sp³-hybridized carbons (Fsp3) is 0.111.